The molecule has 1 aromatic heterocycles. The van der Waals surface area contributed by atoms with Crippen molar-refractivity contribution in [2.45, 2.75) is 18.9 Å². The number of nitrogen functional groups attached to an aromatic ring is 1. The lowest BCUT2D eigenvalue weighted by Gasteiger charge is -2.07. The van der Waals surface area contributed by atoms with Crippen LogP contribution in [0.4, 0.5) is 11.4 Å². The summed E-state index contributed by atoms with van der Waals surface area (Å²) in [6.45, 7) is 0. The number of nitrogens with zero attached hydrogens (tertiary/aromatic N) is 1. The van der Waals surface area contributed by atoms with E-state index in [0.717, 1.165) is 10.3 Å². The molecular weight excluding hydrogens is 218 g/mol. The molecule has 12 heavy (non-hydrogen) atoms. The van der Waals surface area contributed by atoms with Crippen LogP contribution >= 0.6 is 15.9 Å². The number of nitrogens with two attached hydrogens (primary N) is 1. The van der Waals surface area contributed by atoms with Crippen LogP contribution in [-0.4, -0.2) is 11.0 Å². The molecule has 0 aliphatic heterocycles. The summed E-state index contributed by atoms with van der Waals surface area (Å²) in [4.78, 5) is 4.02. The Bertz CT molecular complexity index is 296. The van der Waals surface area contributed by atoms with Gasteiger partial charge in [0.05, 0.1) is 17.6 Å². The van der Waals surface area contributed by atoms with Crippen molar-refractivity contribution in [3.8, 4) is 0 Å². The first-order valence-electron chi connectivity index (χ1n) is 3.93. The zero-order valence-corrected chi connectivity index (χ0v) is 8.13. The van der Waals surface area contributed by atoms with Crippen LogP contribution in [0.25, 0.3) is 0 Å². The molecular formula is C8H10BrN3. The highest BCUT2D eigenvalue weighted by atomic mass is 79.9. The molecule has 1 heterocycles. The van der Waals surface area contributed by atoms with Gasteiger partial charge in [0.15, 0.2) is 0 Å². The van der Waals surface area contributed by atoms with Gasteiger partial charge >= 0.3 is 0 Å². The second kappa shape index (κ2) is 2.94. The lowest BCUT2D eigenvalue weighted by Crippen LogP contribution is -2.04. The highest BCUT2D eigenvalue weighted by Crippen LogP contribution is 2.28. The number of rotatable bonds is 2. The monoisotopic (exact) mass is 227 g/mol. The first-order chi connectivity index (χ1) is 5.75. The summed E-state index contributed by atoms with van der Waals surface area (Å²) in [5, 5.41) is 3.33. The van der Waals surface area contributed by atoms with E-state index in [4.69, 9.17) is 5.73 Å². The van der Waals surface area contributed by atoms with Crippen LogP contribution in [0.5, 0.6) is 0 Å². The van der Waals surface area contributed by atoms with E-state index >= 15 is 0 Å². The molecule has 1 fully saturated rings. The van der Waals surface area contributed by atoms with Crippen LogP contribution in [0.1, 0.15) is 12.8 Å². The third-order valence-electron chi connectivity index (χ3n) is 1.84. The summed E-state index contributed by atoms with van der Waals surface area (Å²) in [6, 6.07) is 2.54. The van der Waals surface area contributed by atoms with Crippen LogP contribution in [0.3, 0.4) is 0 Å². The maximum atomic E-state index is 5.72. The molecule has 3 N–H and O–H groups in total. The predicted octanol–water partition coefficient (Wildman–Crippen LogP) is 2.00. The van der Waals surface area contributed by atoms with Crippen molar-refractivity contribution < 1.29 is 0 Å². The van der Waals surface area contributed by atoms with E-state index in [1.54, 1.807) is 6.20 Å². The molecule has 0 amide bonds. The lowest BCUT2D eigenvalue weighted by atomic mass is 10.3. The number of halogens is 1. The summed E-state index contributed by atoms with van der Waals surface area (Å²) in [5.41, 5.74) is 7.42. The first-order valence-corrected chi connectivity index (χ1v) is 4.72. The molecule has 0 saturated heterocycles. The molecule has 1 aliphatic carbocycles. The zero-order valence-electron chi connectivity index (χ0n) is 6.55. The average Bonchev–Trinajstić information content (AvgIpc) is 2.81. The Kier molecular flexibility index (Phi) is 1.92. The van der Waals surface area contributed by atoms with E-state index in [1.165, 1.54) is 12.8 Å². The van der Waals surface area contributed by atoms with Gasteiger partial charge in [0, 0.05) is 6.04 Å². The molecule has 1 saturated carbocycles. The van der Waals surface area contributed by atoms with Crippen molar-refractivity contribution in [1.82, 2.24) is 4.98 Å². The van der Waals surface area contributed by atoms with Crippen molar-refractivity contribution in [3.63, 3.8) is 0 Å². The minimum Gasteiger partial charge on any atom is -0.396 e. The fourth-order valence-corrected chi connectivity index (χ4v) is 1.34. The first kappa shape index (κ1) is 7.86. The molecule has 2 rings (SSSR count). The van der Waals surface area contributed by atoms with Crippen LogP contribution in [0.2, 0.25) is 0 Å². The second-order valence-corrected chi connectivity index (χ2v) is 3.83. The van der Waals surface area contributed by atoms with Crippen molar-refractivity contribution in [3.05, 3.63) is 16.9 Å². The maximum absolute atomic E-state index is 5.72. The number of aromatic nitrogens is 1. The van der Waals surface area contributed by atoms with Gasteiger partial charge in [-0.1, -0.05) is 0 Å². The summed E-state index contributed by atoms with van der Waals surface area (Å²) in [7, 11) is 0. The highest BCUT2D eigenvalue weighted by Gasteiger charge is 2.21. The van der Waals surface area contributed by atoms with E-state index in [2.05, 4.69) is 26.2 Å². The number of nitrogens with one attached hydrogen (secondary N) is 1. The normalized spacial score (nSPS) is 16.1. The van der Waals surface area contributed by atoms with Crippen LogP contribution in [0, 0.1) is 0 Å². The molecule has 1 aromatic rings. The Morgan fingerprint density at radius 1 is 1.58 bits per heavy atom. The largest absolute Gasteiger partial charge is 0.396 e. The summed E-state index contributed by atoms with van der Waals surface area (Å²) >= 11 is 3.30. The van der Waals surface area contributed by atoms with Crippen molar-refractivity contribution in [2.75, 3.05) is 11.1 Å². The molecule has 0 bridgehead atoms. The highest BCUT2D eigenvalue weighted by molar-refractivity contribution is 9.10. The van der Waals surface area contributed by atoms with Gasteiger partial charge < -0.3 is 11.1 Å². The molecule has 3 nitrogen and oxygen atoms in total. The van der Waals surface area contributed by atoms with Gasteiger partial charge in [-0.15, -0.1) is 0 Å². The molecule has 0 atom stereocenters. The van der Waals surface area contributed by atoms with Gasteiger partial charge in [0.2, 0.25) is 0 Å². The molecule has 4 heteroatoms. The summed E-state index contributed by atoms with van der Waals surface area (Å²) < 4.78 is 0.819. The Balaban J connectivity index is 2.21. The van der Waals surface area contributed by atoms with E-state index < -0.39 is 0 Å². The van der Waals surface area contributed by atoms with E-state index in [-0.39, 0.29) is 0 Å². The average molecular weight is 228 g/mol. The van der Waals surface area contributed by atoms with E-state index in [9.17, 15) is 0 Å². The smallest absolute Gasteiger partial charge is 0.108 e. The standard InChI is InChI=1S/C8H10BrN3/c9-8-3-7(6(10)4-11-8)12-5-1-2-5/h3-5H,1-2,10H2,(H,11,12). The molecule has 64 valence electrons. The van der Waals surface area contributed by atoms with Gasteiger partial charge in [-0.2, -0.15) is 0 Å². The Hall–Kier alpha value is -0.770. The lowest BCUT2D eigenvalue weighted by molar-refractivity contribution is 1.14. The quantitative estimate of drug-likeness (QED) is 0.761. The van der Waals surface area contributed by atoms with Crippen molar-refractivity contribution in [1.29, 1.82) is 0 Å². The summed E-state index contributed by atoms with van der Waals surface area (Å²) in [6.07, 6.45) is 4.16. The second-order valence-electron chi connectivity index (χ2n) is 3.01. The molecule has 0 unspecified atom stereocenters. The number of hydrogen-bond donors (Lipinski definition) is 2. The van der Waals surface area contributed by atoms with Gasteiger partial charge in [-0.25, -0.2) is 4.98 Å². The summed E-state index contributed by atoms with van der Waals surface area (Å²) in [5.74, 6) is 0. The maximum Gasteiger partial charge on any atom is 0.108 e. The third kappa shape index (κ3) is 1.69. The Labute approximate surface area is 79.5 Å². The Morgan fingerprint density at radius 2 is 2.33 bits per heavy atom. The Morgan fingerprint density at radius 3 is 3.00 bits per heavy atom. The third-order valence-corrected chi connectivity index (χ3v) is 2.27. The fourth-order valence-electron chi connectivity index (χ4n) is 1.01. The minimum absolute atomic E-state index is 0.626. The van der Waals surface area contributed by atoms with Gasteiger partial charge in [-0.05, 0) is 34.8 Å². The van der Waals surface area contributed by atoms with E-state index in [1.807, 2.05) is 6.07 Å². The van der Waals surface area contributed by atoms with Gasteiger partial charge in [-0.3, -0.25) is 0 Å². The van der Waals surface area contributed by atoms with E-state index in [0.29, 0.717) is 11.7 Å². The minimum atomic E-state index is 0.626. The topological polar surface area (TPSA) is 50.9 Å². The van der Waals surface area contributed by atoms with Crippen LogP contribution < -0.4 is 11.1 Å². The van der Waals surface area contributed by atoms with Crippen molar-refractivity contribution >= 4 is 27.3 Å². The molecule has 0 spiro atoms. The predicted molar refractivity (Wildman–Crippen MR) is 53.0 cm³/mol. The van der Waals surface area contributed by atoms with Gasteiger partial charge in [0.25, 0.3) is 0 Å². The number of pyridine rings is 1. The van der Waals surface area contributed by atoms with Crippen LogP contribution in [-0.2, 0) is 0 Å². The zero-order chi connectivity index (χ0) is 8.55. The fraction of sp³-hybridized carbons (Fsp3) is 0.375. The number of hydrogen-bond acceptors (Lipinski definition) is 3. The molecule has 0 radical (unpaired) electrons. The molecule has 1 aliphatic rings. The number of anilines is 2. The van der Waals surface area contributed by atoms with Crippen molar-refractivity contribution in [2.24, 2.45) is 0 Å². The molecule has 0 aromatic carbocycles. The van der Waals surface area contributed by atoms with Gasteiger partial charge in [0.1, 0.15) is 4.60 Å². The van der Waals surface area contributed by atoms with Crippen LogP contribution in [0.15, 0.2) is 16.9 Å². The SMILES string of the molecule is Nc1cnc(Br)cc1NC1CC1.